The van der Waals surface area contributed by atoms with E-state index in [0.29, 0.717) is 18.8 Å². The summed E-state index contributed by atoms with van der Waals surface area (Å²) in [5.41, 5.74) is 6.85. The highest BCUT2D eigenvalue weighted by atomic mass is 16.1. The van der Waals surface area contributed by atoms with Crippen LogP contribution in [0.2, 0.25) is 0 Å². The Morgan fingerprint density at radius 1 is 1.53 bits per heavy atom. The summed E-state index contributed by atoms with van der Waals surface area (Å²) in [5.74, 6) is -0.140. The normalized spacial score (nSPS) is 10.6. The first kappa shape index (κ1) is 13.6. The Morgan fingerprint density at radius 2 is 2.29 bits per heavy atom. The molecule has 0 fully saturated rings. The molecule has 0 aliphatic heterocycles. The Labute approximate surface area is 102 Å². The van der Waals surface area contributed by atoms with Gasteiger partial charge in [-0.2, -0.15) is 0 Å². The lowest BCUT2D eigenvalue weighted by Gasteiger charge is -2.09. The quantitative estimate of drug-likeness (QED) is 0.693. The second-order valence-electron chi connectivity index (χ2n) is 4.17. The molecule has 0 spiro atoms. The minimum atomic E-state index is -0.140. The van der Waals surface area contributed by atoms with Crippen molar-refractivity contribution in [2.45, 2.75) is 13.0 Å². The number of carbonyl (C=O) groups is 1. The zero-order valence-electron chi connectivity index (χ0n) is 10.4. The maximum Gasteiger partial charge on any atom is 0.269 e. The fourth-order valence-corrected chi connectivity index (χ4v) is 1.41. The Hall–Kier alpha value is -1.46. The lowest BCUT2D eigenvalue weighted by atomic mass is 10.2. The van der Waals surface area contributed by atoms with Crippen LogP contribution in [0.1, 0.15) is 22.5 Å². The molecule has 0 saturated heterocycles. The van der Waals surface area contributed by atoms with E-state index in [2.05, 4.69) is 15.2 Å². The molecule has 5 nitrogen and oxygen atoms in total. The van der Waals surface area contributed by atoms with Crippen LogP contribution in [-0.2, 0) is 6.54 Å². The number of hydrogen-bond acceptors (Lipinski definition) is 4. The van der Waals surface area contributed by atoms with E-state index in [-0.39, 0.29) is 5.91 Å². The van der Waals surface area contributed by atoms with Gasteiger partial charge < -0.3 is 16.0 Å². The molecule has 0 atom stereocenters. The van der Waals surface area contributed by atoms with Crippen LogP contribution in [0.25, 0.3) is 0 Å². The molecule has 0 aromatic carbocycles. The SMILES string of the molecule is CN(C)CCCNC(=O)c1cc(CN)ccn1. The molecule has 1 rings (SSSR count). The molecule has 0 unspecified atom stereocenters. The average Bonchev–Trinajstić information content (AvgIpc) is 2.34. The van der Waals surface area contributed by atoms with Gasteiger partial charge in [0, 0.05) is 19.3 Å². The third kappa shape index (κ3) is 4.93. The molecule has 0 aliphatic rings. The monoisotopic (exact) mass is 236 g/mol. The maximum absolute atomic E-state index is 11.7. The van der Waals surface area contributed by atoms with Crippen LogP contribution in [0.15, 0.2) is 18.3 Å². The second kappa shape index (κ2) is 6.98. The van der Waals surface area contributed by atoms with E-state index in [4.69, 9.17) is 5.73 Å². The number of nitrogens with zero attached hydrogens (tertiary/aromatic N) is 2. The van der Waals surface area contributed by atoms with Gasteiger partial charge in [-0.25, -0.2) is 0 Å². The van der Waals surface area contributed by atoms with Crippen molar-refractivity contribution < 1.29 is 4.79 Å². The Morgan fingerprint density at radius 3 is 2.94 bits per heavy atom. The number of hydrogen-bond donors (Lipinski definition) is 2. The van der Waals surface area contributed by atoms with E-state index in [0.717, 1.165) is 18.5 Å². The van der Waals surface area contributed by atoms with Crippen LogP contribution in [0.3, 0.4) is 0 Å². The minimum Gasteiger partial charge on any atom is -0.351 e. The van der Waals surface area contributed by atoms with Gasteiger partial charge in [-0.1, -0.05) is 0 Å². The van der Waals surface area contributed by atoms with Gasteiger partial charge in [0.15, 0.2) is 0 Å². The number of nitrogens with two attached hydrogens (primary N) is 1. The van der Waals surface area contributed by atoms with E-state index in [1.807, 2.05) is 20.2 Å². The van der Waals surface area contributed by atoms with Crippen molar-refractivity contribution in [2.24, 2.45) is 5.73 Å². The number of pyridine rings is 1. The third-order valence-electron chi connectivity index (χ3n) is 2.36. The molecule has 17 heavy (non-hydrogen) atoms. The summed E-state index contributed by atoms with van der Waals surface area (Å²) >= 11 is 0. The largest absolute Gasteiger partial charge is 0.351 e. The fourth-order valence-electron chi connectivity index (χ4n) is 1.41. The van der Waals surface area contributed by atoms with Crippen molar-refractivity contribution in [2.75, 3.05) is 27.2 Å². The summed E-state index contributed by atoms with van der Waals surface area (Å²) in [6, 6.07) is 3.53. The highest BCUT2D eigenvalue weighted by Gasteiger charge is 2.06. The summed E-state index contributed by atoms with van der Waals surface area (Å²) in [4.78, 5) is 17.8. The molecular weight excluding hydrogens is 216 g/mol. The average molecular weight is 236 g/mol. The predicted molar refractivity (Wildman–Crippen MR) is 67.6 cm³/mol. The van der Waals surface area contributed by atoms with E-state index in [9.17, 15) is 4.79 Å². The number of rotatable bonds is 6. The van der Waals surface area contributed by atoms with Crippen LogP contribution < -0.4 is 11.1 Å². The molecule has 3 N–H and O–H groups in total. The summed E-state index contributed by atoms with van der Waals surface area (Å²) in [7, 11) is 4.02. The van der Waals surface area contributed by atoms with Gasteiger partial charge in [0.25, 0.3) is 5.91 Å². The minimum absolute atomic E-state index is 0.140. The Kier molecular flexibility index (Phi) is 5.59. The number of aromatic nitrogens is 1. The summed E-state index contributed by atoms with van der Waals surface area (Å²) in [6.07, 6.45) is 2.53. The molecule has 1 heterocycles. The lowest BCUT2D eigenvalue weighted by Crippen LogP contribution is -2.27. The molecule has 1 amide bonds. The van der Waals surface area contributed by atoms with E-state index in [1.54, 1.807) is 12.3 Å². The van der Waals surface area contributed by atoms with Gasteiger partial charge in [-0.15, -0.1) is 0 Å². The fraction of sp³-hybridized carbons (Fsp3) is 0.500. The first-order chi connectivity index (χ1) is 8.13. The molecule has 94 valence electrons. The third-order valence-corrected chi connectivity index (χ3v) is 2.36. The van der Waals surface area contributed by atoms with E-state index < -0.39 is 0 Å². The first-order valence-corrected chi connectivity index (χ1v) is 5.71. The van der Waals surface area contributed by atoms with Crippen molar-refractivity contribution >= 4 is 5.91 Å². The van der Waals surface area contributed by atoms with Crippen molar-refractivity contribution in [1.82, 2.24) is 15.2 Å². The van der Waals surface area contributed by atoms with Crippen LogP contribution in [0, 0.1) is 0 Å². The van der Waals surface area contributed by atoms with Gasteiger partial charge in [-0.3, -0.25) is 9.78 Å². The van der Waals surface area contributed by atoms with Crippen LogP contribution in [0.4, 0.5) is 0 Å². The molecule has 0 radical (unpaired) electrons. The molecule has 0 aliphatic carbocycles. The van der Waals surface area contributed by atoms with Crippen molar-refractivity contribution in [3.05, 3.63) is 29.6 Å². The Bertz CT molecular complexity index is 365. The highest BCUT2D eigenvalue weighted by Crippen LogP contribution is 2.00. The summed E-state index contributed by atoms with van der Waals surface area (Å²) in [5, 5.41) is 2.84. The molecular formula is C12H20N4O. The topological polar surface area (TPSA) is 71.2 Å². The highest BCUT2D eigenvalue weighted by molar-refractivity contribution is 5.92. The van der Waals surface area contributed by atoms with Crippen molar-refractivity contribution in [3.8, 4) is 0 Å². The maximum atomic E-state index is 11.7. The van der Waals surface area contributed by atoms with Gasteiger partial charge in [0.1, 0.15) is 5.69 Å². The number of carbonyl (C=O) groups excluding carboxylic acids is 1. The molecule has 0 saturated carbocycles. The second-order valence-corrected chi connectivity index (χ2v) is 4.17. The van der Waals surface area contributed by atoms with Crippen molar-refractivity contribution in [3.63, 3.8) is 0 Å². The zero-order valence-corrected chi connectivity index (χ0v) is 10.4. The van der Waals surface area contributed by atoms with E-state index in [1.165, 1.54) is 0 Å². The van der Waals surface area contributed by atoms with E-state index >= 15 is 0 Å². The van der Waals surface area contributed by atoms with Gasteiger partial charge >= 0.3 is 0 Å². The zero-order chi connectivity index (χ0) is 12.7. The standard InChI is InChI=1S/C12H20N4O/c1-16(2)7-3-5-15-12(17)11-8-10(9-13)4-6-14-11/h4,6,8H,3,5,7,9,13H2,1-2H3,(H,15,17). The Balaban J connectivity index is 2.41. The number of amides is 1. The van der Waals surface area contributed by atoms with Crippen LogP contribution >= 0.6 is 0 Å². The summed E-state index contributed by atoms with van der Waals surface area (Å²) < 4.78 is 0. The van der Waals surface area contributed by atoms with Crippen LogP contribution in [-0.4, -0.2) is 43.0 Å². The van der Waals surface area contributed by atoms with Crippen molar-refractivity contribution in [1.29, 1.82) is 0 Å². The predicted octanol–water partition coefficient (Wildman–Crippen LogP) is 0.222. The molecule has 1 aromatic rings. The lowest BCUT2D eigenvalue weighted by molar-refractivity contribution is 0.0947. The molecule has 1 aromatic heterocycles. The first-order valence-electron chi connectivity index (χ1n) is 5.71. The molecule has 5 heteroatoms. The number of nitrogens with one attached hydrogen (secondary N) is 1. The smallest absolute Gasteiger partial charge is 0.269 e. The van der Waals surface area contributed by atoms with Gasteiger partial charge in [0.2, 0.25) is 0 Å². The van der Waals surface area contributed by atoms with Gasteiger partial charge in [0.05, 0.1) is 0 Å². The van der Waals surface area contributed by atoms with Crippen LogP contribution in [0.5, 0.6) is 0 Å². The summed E-state index contributed by atoms with van der Waals surface area (Å²) in [6.45, 7) is 2.03. The molecule has 0 bridgehead atoms. The van der Waals surface area contributed by atoms with Gasteiger partial charge in [-0.05, 0) is 44.8 Å².